The van der Waals surface area contributed by atoms with Gasteiger partial charge in [-0.25, -0.2) is 0 Å². The summed E-state index contributed by atoms with van der Waals surface area (Å²) in [6.07, 6.45) is 46.4. The number of amides is 2. The van der Waals surface area contributed by atoms with Crippen LogP contribution in [0.4, 0.5) is 0 Å². The van der Waals surface area contributed by atoms with Gasteiger partial charge in [0.2, 0.25) is 11.8 Å². The van der Waals surface area contributed by atoms with Crippen LogP contribution in [0.5, 0.6) is 0 Å². The summed E-state index contributed by atoms with van der Waals surface area (Å²) in [5.41, 5.74) is 5.70. The third kappa shape index (κ3) is 33.5. The summed E-state index contributed by atoms with van der Waals surface area (Å²) in [5.74, 6) is -0.0744. The van der Waals surface area contributed by atoms with Gasteiger partial charge in [0.15, 0.2) is 0 Å². The van der Waals surface area contributed by atoms with Gasteiger partial charge in [-0.1, -0.05) is 140 Å². The Morgan fingerprint density at radius 1 is 0.543 bits per heavy atom. The SMILES string of the molecule is CCCCC/C=C\CC=CCCCCCCCC(=O)NC(CCCN)C(=O)NCCCCCCCC/C=C\CCCCCCCC. The van der Waals surface area contributed by atoms with E-state index in [2.05, 4.69) is 60.9 Å². The average molecular weight is 644 g/mol. The van der Waals surface area contributed by atoms with Crippen LogP contribution in [0.1, 0.15) is 194 Å². The Morgan fingerprint density at radius 3 is 1.52 bits per heavy atom. The van der Waals surface area contributed by atoms with Crippen molar-refractivity contribution in [2.75, 3.05) is 13.1 Å². The first-order chi connectivity index (χ1) is 22.7. The first-order valence-electron chi connectivity index (χ1n) is 19.9. The average Bonchev–Trinajstić information content (AvgIpc) is 3.06. The standard InChI is InChI=1S/C41H77N3O2/c1-3-5-7-9-11-13-15-17-19-21-23-25-27-29-31-33-38-43-41(46)39(35-34-37-42)44-40(45)36-32-30-28-26-24-22-20-18-16-14-12-10-8-6-4-2/h12,14,17-20,39H,3-11,13,15-16,21-38,42H2,1-2H3,(H,43,46)(H,44,45)/b14-12-,19-17-,20-18?. The highest BCUT2D eigenvalue weighted by Gasteiger charge is 2.19. The van der Waals surface area contributed by atoms with Crippen molar-refractivity contribution < 1.29 is 9.59 Å². The molecule has 0 radical (unpaired) electrons. The molecule has 0 aromatic rings. The van der Waals surface area contributed by atoms with E-state index in [0.29, 0.717) is 25.9 Å². The summed E-state index contributed by atoms with van der Waals surface area (Å²) in [5, 5.41) is 6.04. The number of nitrogens with two attached hydrogens (primary N) is 1. The number of rotatable bonds is 35. The number of carbonyl (C=O) groups excluding carboxylic acids is 2. The molecular weight excluding hydrogens is 566 g/mol. The van der Waals surface area contributed by atoms with Gasteiger partial charge in [0.1, 0.15) is 6.04 Å². The lowest BCUT2D eigenvalue weighted by Crippen LogP contribution is -2.47. The topological polar surface area (TPSA) is 84.2 Å². The van der Waals surface area contributed by atoms with Crippen LogP contribution in [-0.4, -0.2) is 30.9 Å². The van der Waals surface area contributed by atoms with Gasteiger partial charge in [-0.05, 0) is 90.0 Å². The number of allylic oxidation sites excluding steroid dienone is 6. The minimum absolute atomic E-state index is 0.0138. The molecule has 0 saturated heterocycles. The smallest absolute Gasteiger partial charge is 0.242 e. The maximum Gasteiger partial charge on any atom is 0.242 e. The van der Waals surface area contributed by atoms with Gasteiger partial charge in [-0.15, -0.1) is 0 Å². The number of unbranched alkanes of at least 4 members (excludes halogenated alkanes) is 20. The van der Waals surface area contributed by atoms with Crippen molar-refractivity contribution >= 4 is 11.8 Å². The summed E-state index contributed by atoms with van der Waals surface area (Å²) in [6.45, 7) is 5.72. The Bertz CT molecular complexity index is 746. The Kier molecular flexibility index (Phi) is 36.0. The lowest BCUT2D eigenvalue weighted by Gasteiger charge is -2.18. The molecule has 268 valence electrons. The van der Waals surface area contributed by atoms with E-state index in [0.717, 1.165) is 51.4 Å². The van der Waals surface area contributed by atoms with E-state index in [4.69, 9.17) is 5.73 Å². The molecule has 0 aliphatic rings. The van der Waals surface area contributed by atoms with Crippen molar-refractivity contribution in [2.24, 2.45) is 5.73 Å². The normalized spacial score (nSPS) is 12.5. The van der Waals surface area contributed by atoms with Gasteiger partial charge in [-0.3, -0.25) is 9.59 Å². The minimum Gasteiger partial charge on any atom is -0.354 e. The molecule has 5 nitrogen and oxygen atoms in total. The van der Waals surface area contributed by atoms with E-state index in [9.17, 15) is 9.59 Å². The number of hydrogen-bond acceptors (Lipinski definition) is 3. The van der Waals surface area contributed by atoms with Gasteiger partial charge in [-0.2, -0.15) is 0 Å². The summed E-state index contributed by atoms with van der Waals surface area (Å²) in [6, 6.07) is -0.469. The van der Waals surface area contributed by atoms with E-state index in [1.54, 1.807) is 0 Å². The van der Waals surface area contributed by atoms with Crippen molar-refractivity contribution in [1.29, 1.82) is 0 Å². The molecular formula is C41H77N3O2. The van der Waals surface area contributed by atoms with Crippen molar-refractivity contribution in [3.05, 3.63) is 36.5 Å². The molecule has 46 heavy (non-hydrogen) atoms. The highest BCUT2D eigenvalue weighted by Crippen LogP contribution is 2.11. The Labute approximate surface area is 286 Å². The minimum atomic E-state index is -0.469. The molecule has 0 rings (SSSR count). The number of hydrogen-bond donors (Lipinski definition) is 3. The van der Waals surface area contributed by atoms with Crippen LogP contribution in [-0.2, 0) is 9.59 Å². The van der Waals surface area contributed by atoms with Crippen LogP contribution >= 0.6 is 0 Å². The Morgan fingerprint density at radius 2 is 0.978 bits per heavy atom. The second kappa shape index (κ2) is 37.6. The predicted molar refractivity (Wildman–Crippen MR) is 202 cm³/mol. The van der Waals surface area contributed by atoms with Crippen LogP contribution in [0.25, 0.3) is 0 Å². The van der Waals surface area contributed by atoms with Crippen molar-refractivity contribution in [1.82, 2.24) is 10.6 Å². The Hall–Kier alpha value is -1.88. The maximum atomic E-state index is 12.8. The van der Waals surface area contributed by atoms with Crippen molar-refractivity contribution in [3.63, 3.8) is 0 Å². The van der Waals surface area contributed by atoms with Gasteiger partial charge in [0.25, 0.3) is 0 Å². The van der Waals surface area contributed by atoms with E-state index in [1.807, 2.05) is 0 Å². The van der Waals surface area contributed by atoms with Gasteiger partial charge < -0.3 is 16.4 Å². The molecule has 1 atom stereocenters. The zero-order chi connectivity index (χ0) is 33.6. The second-order valence-electron chi connectivity index (χ2n) is 13.3. The summed E-state index contributed by atoms with van der Waals surface area (Å²) >= 11 is 0. The summed E-state index contributed by atoms with van der Waals surface area (Å²) in [4.78, 5) is 25.3. The van der Waals surface area contributed by atoms with Gasteiger partial charge in [0.05, 0.1) is 0 Å². The number of nitrogens with one attached hydrogen (secondary N) is 2. The fourth-order valence-electron chi connectivity index (χ4n) is 5.66. The lowest BCUT2D eigenvalue weighted by molar-refractivity contribution is -0.129. The first kappa shape index (κ1) is 44.1. The van der Waals surface area contributed by atoms with E-state index in [1.165, 1.54) is 116 Å². The van der Waals surface area contributed by atoms with Crippen LogP contribution < -0.4 is 16.4 Å². The fourth-order valence-corrected chi connectivity index (χ4v) is 5.66. The second-order valence-corrected chi connectivity index (χ2v) is 13.3. The lowest BCUT2D eigenvalue weighted by atomic mass is 10.1. The molecule has 0 aromatic heterocycles. The molecule has 0 aromatic carbocycles. The van der Waals surface area contributed by atoms with E-state index < -0.39 is 6.04 Å². The monoisotopic (exact) mass is 644 g/mol. The quantitative estimate of drug-likeness (QED) is 0.0474. The molecule has 0 bridgehead atoms. The molecule has 0 fully saturated rings. The fraction of sp³-hybridized carbons (Fsp3) is 0.805. The summed E-state index contributed by atoms with van der Waals surface area (Å²) in [7, 11) is 0. The van der Waals surface area contributed by atoms with Crippen LogP contribution in [0.2, 0.25) is 0 Å². The van der Waals surface area contributed by atoms with Gasteiger partial charge in [0, 0.05) is 13.0 Å². The highest BCUT2D eigenvalue weighted by molar-refractivity contribution is 5.87. The molecule has 2 amide bonds. The molecule has 5 heteroatoms. The maximum absolute atomic E-state index is 12.8. The molecule has 0 saturated carbocycles. The molecule has 4 N–H and O–H groups in total. The molecule has 0 aliphatic carbocycles. The largest absolute Gasteiger partial charge is 0.354 e. The Balaban J connectivity index is 3.81. The summed E-state index contributed by atoms with van der Waals surface area (Å²) < 4.78 is 0. The van der Waals surface area contributed by atoms with Crippen molar-refractivity contribution in [2.45, 2.75) is 200 Å². The van der Waals surface area contributed by atoms with Crippen LogP contribution in [0.15, 0.2) is 36.5 Å². The molecule has 0 heterocycles. The molecule has 1 unspecified atom stereocenters. The number of carbonyl (C=O) groups is 2. The van der Waals surface area contributed by atoms with Crippen LogP contribution in [0, 0.1) is 0 Å². The third-order valence-corrected chi connectivity index (χ3v) is 8.69. The first-order valence-corrected chi connectivity index (χ1v) is 19.9. The van der Waals surface area contributed by atoms with Crippen LogP contribution in [0.3, 0.4) is 0 Å². The highest BCUT2D eigenvalue weighted by atomic mass is 16.2. The molecule has 0 aliphatic heterocycles. The van der Waals surface area contributed by atoms with Crippen molar-refractivity contribution in [3.8, 4) is 0 Å². The van der Waals surface area contributed by atoms with E-state index in [-0.39, 0.29) is 11.8 Å². The third-order valence-electron chi connectivity index (χ3n) is 8.69. The van der Waals surface area contributed by atoms with Gasteiger partial charge >= 0.3 is 0 Å². The zero-order valence-corrected chi connectivity index (χ0v) is 30.6. The van der Waals surface area contributed by atoms with E-state index >= 15 is 0 Å². The predicted octanol–water partition coefficient (Wildman–Crippen LogP) is 11.2. The zero-order valence-electron chi connectivity index (χ0n) is 30.6. The molecule has 0 spiro atoms.